The molecule has 2 saturated heterocycles. The van der Waals surface area contributed by atoms with Crippen molar-refractivity contribution in [3.63, 3.8) is 0 Å². The van der Waals surface area contributed by atoms with Crippen LogP contribution >= 0.6 is 0 Å². The van der Waals surface area contributed by atoms with E-state index >= 15 is 0 Å². The highest BCUT2D eigenvalue weighted by Gasteiger charge is 2.26. The molecule has 1 N–H and O–H groups in total. The van der Waals surface area contributed by atoms with Crippen LogP contribution in [0, 0.1) is 6.92 Å². The van der Waals surface area contributed by atoms with E-state index in [1.165, 1.54) is 0 Å². The van der Waals surface area contributed by atoms with Gasteiger partial charge in [-0.2, -0.15) is 5.10 Å². The Morgan fingerprint density at radius 1 is 1.19 bits per heavy atom. The number of aromatic amines is 1. The molecule has 1 aromatic carbocycles. The Labute approximate surface area is 212 Å². The van der Waals surface area contributed by atoms with Gasteiger partial charge in [-0.3, -0.25) is 19.2 Å². The average Bonchev–Trinajstić information content (AvgIpc) is 3.54. The Hall–Kier alpha value is -2.75. The maximum atomic E-state index is 13.6. The summed E-state index contributed by atoms with van der Waals surface area (Å²) in [6, 6.07) is 3.96. The molecule has 9 nitrogen and oxygen atoms in total. The van der Waals surface area contributed by atoms with Crippen LogP contribution in [-0.4, -0.2) is 89.6 Å². The minimum absolute atomic E-state index is 0. The highest BCUT2D eigenvalue weighted by atomic mass is 16.5. The summed E-state index contributed by atoms with van der Waals surface area (Å²) in [4.78, 5) is 33.7. The molecule has 4 heterocycles. The summed E-state index contributed by atoms with van der Waals surface area (Å²) >= 11 is 0. The highest BCUT2D eigenvalue weighted by molar-refractivity contribution is 6.07. The molecule has 0 saturated carbocycles. The van der Waals surface area contributed by atoms with Gasteiger partial charge in [0, 0.05) is 56.9 Å². The molecule has 1 atom stereocenters. The van der Waals surface area contributed by atoms with Gasteiger partial charge < -0.3 is 19.4 Å². The van der Waals surface area contributed by atoms with Crippen molar-refractivity contribution >= 4 is 27.7 Å². The van der Waals surface area contributed by atoms with Gasteiger partial charge in [-0.25, -0.2) is 0 Å². The van der Waals surface area contributed by atoms with E-state index in [-0.39, 0.29) is 24.9 Å². The second-order valence-corrected chi connectivity index (χ2v) is 9.57. The van der Waals surface area contributed by atoms with Gasteiger partial charge in [-0.15, -0.1) is 0 Å². The maximum absolute atomic E-state index is 13.6. The number of hydrogen-bond acceptors (Lipinski definition) is 6. The number of carbonyl (C=O) groups is 1. The standard InChI is InChI=1S/C26H35N5O4.CH4/c1-3-34-12-5-4-7-29-8-10-30(11-9-29)26(33)20-15-21-23(14-18(20)2)28-25(32)22-16-27-31(24(21)22)19-6-13-35-17-19;/h14-16,19H,3-13,17H2,1-2H3,(H,28,32);1H4/t19-;/m0./s1. The van der Waals surface area contributed by atoms with E-state index in [9.17, 15) is 9.59 Å². The van der Waals surface area contributed by atoms with Crippen LogP contribution in [0.4, 0.5) is 0 Å². The van der Waals surface area contributed by atoms with Crippen LogP contribution in [0.25, 0.3) is 21.8 Å². The lowest BCUT2D eigenvalue weighted by Crippen LogP contribution is -2.49. The molecule has 1 amide bonds. The predicted octanol–water partition coefficient (Wildman–Crippen LogP) is 3.36. The molecule has 2 aromatic heterocycles. The lowest BCUT2D eigenvalue weighted by atomic mass is 10.0. The number of hydrogen-bond donors (Lipinski definition) is 1. The predicted molar refractivity (Wildman–Crippen MR) is 142 cm³/mol. The summed E-state index contributed by atoms with van der Waals surface area (Å²) in [7, 11) is 0. The van der Waals surface area contributed by atoms with Crippen LogP contribution in [0.2, 0.25) is 0 Å². The minimum Gasteiger partial charge on any atom is -0.382 e. The summed E-state index contributed by atoms with van der Waals surface area (Å²) in [5, 5.41) is 5.93. The van der Waals surface area contributed by atoms with Crippen LogP contribution in [0.5, 0.6) is 0 Å². The Morgan fingerprint density at radius 2 is 2.00 bits per heavy atom. The van der Waals surface area contributed by atoms with Crippen molar-refractivity contribution in [3.05, 3.63) is 39.8 Å². The SMILES string of the molecule is C.CCOCCCCN1CCN(C(=O)c2cc3c(cc2C)[nH]c(=O)c2cnn([C@H]4CCOC4)c23)CC1. The van der Waals surface area contributed by atoms with Crippen molar-refractivity contribution in [1.29, 1.82) is 0 Å². The molecular formula is C27H39N5O4. The number of rotatable bonds is 8. The zero-order chi connectivity index (χ0) is 24.4. The lowest BCUT2D eigenvalue weighted by molar-refractivity contribution is 0.0630. The van der Waals surface area contributed by atoms with Crippen LogP contribution < -0.4 is 5.56 Å². The number of ether oxygens (including phenoxy) is 2. The molecular weight excluding hydrogens is 458 g/mol. The summed E-state index contributed by atoms with van der Waals surface area (Å²) in [6.45, 7) is 11.1. The molecule has 3 aromatic rings. The largest absolute Gasteiger partial charge is 0.382 e. The number of fused-ring (bicyclic) bond motifs is 3. The Balaban J connectivity index is 0.00000304. The van der Waals surface area contributed by atoms with Crippen LogP contribution in [0.1, 0.15) is 55.6 Å². The molecule has 9 heteroatoms. The van der Waals surface area contributed by atoms with E-state index in [4.69, 9.17) is 9.47 Å². The third kappa shape index (κ3) is 5.19. The normalized spacial score (nSPS) is 18.7. The van der Waals surface area contributed by atoms with Gasteiger partial charge in [0.05, 0.1) is 35.3 Å². The second kappa shape index (κ2) is 11.5. The first-order chi connectivity index (χ1) is 17.1. The number of unbranched alkanes of at least 4 members (excludes halogenated alkanes) is 1. The van der Waals surface area contributed by atoms with E-state index in [1.807, 2.05) is 35.6 Å². The number of aromatic nitrogens is 3. The summed E-state index contributed by atoms with van der Waals surface area (Å²) in [6.07, 6.45) is 4.68. The fraction of sp³-hybridized carbons (Fsp3) is 0.593. The Morgan fingerprint density at radius 3 is 2.72 bits per heavy atom. The lowest BCUT2D eigenvalue weighted by Gasteiger charge is -2.35. The van der Waals surface area contributed by atoms with Gasteiger partial charge >= 0.3 is 0 Å². The summed E-state index contributed by atoms with van der Waals surface area (Å²) in [5.41, 5.74) is 2.91. The molecule has 36 heavy (non-hydrogen) atoms. The number of aryl methyl sites for hydroxylation is 1. The zero-order valence-corrected chi connectivity index (χ0v) is 20.7. The van der Waals surface area contributed by atoms with E-state index in [2.05, 4.69) is 15.0 Å². The van der Waals surface area contributed by atoms with Gasteiger partial charge in [-0.05, 0) is 57.4 Å². The summed E-state index contributed by atoms with van der Waals surface area (Å²) < 4.78 is 12.9. The first-order valence-corrected chi connectivity index (χ1v) is 12.8. The highest BCUT2D eigenvalue weighted by Crippen LogP contribution is 2.29. The zero-order valence-electron chi connectivity index (χ0n) is 20.7. The molecule has 0 radical (unpaired) electrons. The number of nitrogens with zero attached hydrogens (tertiary/aromatic N) is 4. The monoisotopic (exact) mass is 497 g/mol. The van der Waals surface area contributed by atoms with Gasteiger partial charge in [0.25, 0.3) is 11.5 Å². The number of H-pyrrole nitrogens is 1. The van der Waals surface area contributed by atoms with Gasteiger partial charge in [0.15, 0.2) is 0 Å². The van der Waals surface area contributed by atoms with E-state index in [0.29, 0.717) is 24.2 Å². The second-order valence-electron chi connectivity index (χ2n) is 9.57. The number of nitrogens with one attached hydrogen (secondary N) is 1. The fourth-order valence-electron chi connectivity index (χ4n) is 5.24. The first-order valence-electron chi connectivity index (χ1n) is 12.8. The smallest absolute Gasteiger partial charge is 0.259 e. The van der Waals surface area contributed by atoms with E-state index in [0.717, 1.165) is 87.2 Å². The van der Waals surface area contributed by atoms with Gasteiger partial charge in [0.2, 0.25) is 0 Å². The molecule has 2 aliphatic rings. The number of carbonyl (C=O) groups excluding carboxylic acids is 1. The van der Waals surface area contributed by atoms with Crippen molar-refractivity contribution < 1.29 is 14.3 Å². The quantitative estimate of drug-likeness (QED) is 0.480. The third-order valence-corrected chi connectivity index (χ3v) is 7.27. The van der Waals surface area contributed by atoms with Crippen LogP contribution in [-0.2, 0) is 9.47 Å². The van der Waals surface area contributed by atoms with Crippen LogP contribution in [0.15, 0.2) is 23.1 Å². The molecule has 0 aliphatic carbocycles. The van der Waals surface area contributed by atoms with E-state index < -0.39 is 0 Å². The fourth-order valence-corrected chi connectivity index (χ4v) is 5.24. The van der Waals surface area contributed by atoms with Gasteiger partial charge in [0.1, 0.15) is 0 Å². The Bertz CT molecular complexity index is 1250. The average molecular weight is 498 g/mol. The van der Waals surface area contributed by atoms with Crippen molar-refractivity contribution in [3.8, 4) is 0 Å². The molecule has 0 unspecified atom stereocenters. The molecule has 2 fully saturated rings. The number of benzene rings is 1. The topological polar surface area (TPSA) is 92.7 Å². The maximum Gasteiger partial charge on any atom is 0.259 e. The molecule has 2 aliphatic heterocycles. The Kier molecular flexibility index (Phi) is 8.43. The number of piperazine rings is 1. The van der Waals surface area contributed by atoms with Crippen molar-refractivity contribution in [1.82, 2.24) is 24.6 Å². The summed E-state index contributed by atoms with van der Waals surface area (Å²) in [5.74, 6) is 0.0509. The van der Waals surface area contributed by atoms with Crippen molar-refractivity contribution in [2.45, 2.75) is 46.6 Å². The molecule has 196 valence electrons. The van der Waals surface area contributed by atoms with Crippen molar-refractivity contribution in [2.24, 2.45) is 0 Å². The minimum atomic E-state index is -0.159. The molecule has 5 rings (SSSR count). The first kappa shape index (κ1) is 26.3. The number of pyridine rings is 1. The molecule has 0 bridgehead atoms. The molecule has 0 spiro atoms. The van der Waals surface area contributed by atoms with Gasteiger partial charge in [-0.1, -0.05) is 7.43 Å². The third-order valence-electron chi connectivity index (χ3n) is 7.27. The number of amides is 1. The van der Waals surface area contributed by atoms with E-state index in [1.54, 1.807) is 6.20 Å². The van der Waals surface area contributed by atoms with Crippen molar-refractivity contribution in [2.75, 3.05) is 59.2 Å². The van der Waals surface area contributed by atoms with Crippen LogP contribution in [0.3, 0.4) is 0 Å².